The van der Waals surface area contributed by atoms with E-state index in [1.165, 1.54) is 5.56 Å². The van der Waals surface area contributed by atoms with Crippen molar-refractivity contribution in [1.82, 2.24) is 0 Å². The van der Waals surface area contributed by atoms with Crippen molar-refractivity contribution >= 4 is 27.3 Å². The molecule has 1 heterocycles. The fourth-order valence-corrected chi connectivity index (χ4v) is 5.69. The first-order valence-electron chi connectivity index (χ1n) is 7.35. The van der Waals surface area contributed by atoms with Crippen LogP contribution < -0.4 is 10.6 Å². The van der Waals surface area contributed by atoms with Crippen molar-refractivity contribution in [2.45, 2.75) is 25.6 Å². The SMILES string of the molecule is CCS(=O)(=O)C1CSCCN1c1ccc(CCN)cc1C. The number of rotatable bonds is 5. The van der Waals surface area contributed by atoms with Crippen LogP contribution in [0.3, 0.4) is 0 Å². The molecule has 2 N–H and O–H groups in total. The highest BCUT2D eigenvalue weighted by Crippen LogP contribution is 2.30. The Hall–Kier alpha value is -0.720. The van der Waals surface area contributed by atoms with Gasteiger partial charge >= 0.3 is 0 Å². The van der Waals surface area contributed by atoms with E-state index in [4.69, 9.17) is 5.73 Å². The average molecular weight is 329 g/mol. The van der Waals surface area contributed by atoms with E-state index in [9.17, 15) is 8.42 Å². The van der Waals surface area contributed by atoms with Crippen LogP contribution in [-0.2, 0) is 16.3 Å². The highest BCUT2D eigenvalue weighted by atomic mass is 32.2. The molecule has 6 heteroatoms. The van der Waals surface area contributed by atoms with Crippen LogP contribution >= 0.6 is 11.8 Å². The van der Waals surface area contributed by atoms with Gasteiger partial charge in [-0.3, -0.25) is 0 Å². The van der Waals surface area contributed by atoms with Crippen LogP contribution in [0.4, 0.5) is 5.69 Å². The lowest BCUT2D eigenvalue weighted by atomic mass is 10.1. The van der Waals surface area contributed by atoms with Gasteiger partial charge in [-0.05, 0) is 37.1 Å². The van der Waals surface area contributed by atoms with Gasteiger partial charge in [0.2, 0.25) is 0 Å². The number of nitrogens with zero attached hydrogens (tertiary/aromatic N) is 1. The smallest absolute Gasteiger partial charge is 0.171 e. The molecule has 0 aromatic heterocycles. The van der Waals surface area contributed by atoms with Gasteiger partial charge in [0.25, 0.3) is 0 Å². The Morgan fingerprint density at radius 1 is 1.43 bits per heavy atom. The van der Waals surface area contributed by atoms with Crippen molar-refractivity contribution in [3.8, 4) is 0 Å². The zero-order valence-electron chi connectivity index (χ0n) is 12.7. The van der Waals surface area contributed by atoms with E-state index >= 15 is 0 Å². The Morgan fingerprint density at radius 3 is 2.81 bits per heavy atom. The molecule has 0 radical (unpaired) electrons. The Kier molecular flexibility index (Phi) is 5.57. The Labute approximate surface area is 132 Å². The standard InChI is InChI=1S/C15H24N2O2S2/c1-3-21(18,19)15-11-20-9-8-17(15)14-5-4-13(6-7-16)10-12(14)2/h4-5,10,15H,3,6-9,11,16H2,1-2H3. The molecule has 21 heavy (non-hydrogen) atoms. The molecule has 1 aliphatic rings. The molecule has 1 fully saturated rings. The number of thioether (sulfide) groups is 1. The lowest BCUT2D eigenvalue weighted by Crippen LogP contribution is -2.48. The third-order valence-electron chi connectivity index (χ3n) is 3.91. The largest absolute Gasteiger partial charge is 0.353 e. The molecule has 1 unspecified atom stereocenters. The fourth-order valence-electron chi connectivity index (χ4n) is 2.71. The first-order chi connectivity index (χ1) is 9.99. The quantitative estimate of drug-likeness (QED) is 0.893. The number of aryl methyl sites for hydroxylation is 1. The number of anilines is 1. The first kappa shape index (κ1) is 16.6. The molecule has 2 rings (SSSR count). The minimum atomic E-state index is -3.07. The zero-order valence-corrected chi connectivity index (χ0v) is 14.3. The van der Waals surface area contributed by atoms with Gasteiger partial charge in [0.1, 0.15) is 5.37 Å². The van der Waals surface area contributed by atoms with Gasteiger partial charge in [-0.25, -0.2) is 8.42 Å². The molecular formula is C15H24N2O2S2. The van der Waals surface area contributed by atoms with E-state index in [-0.39, 0.29) is 5.75 Å². The predicted molar refractivity (Wildman–Crippen MR) is 91.9 cm³/mol. The van der Waals surface area contributed by atoms with E-state index in [0.717, 1.165) is 30.0 Å². The van der Waals surface area contributed by atoms with Crippen LogP contribution in [0.15, 0.2) is 18.2 Å². The lowest BCUT2D eigenvalue weighted by molar-refractivity contribution is 0.579. The van der Waals surface area contributed by atoms with Gasteiger partial charge in [-0.1, -0.05) is 19.1 Å². The number of benzene rings is 1. The van der Waals surface area contributed by atoms with Gasteiger partial charge in [-0.2, -0.15) is 11.8 Å². The van der Waals surface area contributed by atoms with Crippen LogP contribution in [0.1, 0.15) is 18.1 Å². The molecule has 0 bridgehead atoms. The molecule has 1 aromatic carbocycles. The number of nitrogens with two attached hydrogens (primary N) is 1. The van der Waals surface area contributed by atoms with Crippen LogP contribution in [-0.4, -0.2) is 44.1 Å². The van der Waals surface area contributed by atoms with Gasteiger partial charge < -0.3 is 10.6 Å². The van der Waals surface area contributed by atoms with Gasteiger partial charge in [0.05, 0.1) is 0 Å². The van der Waals surface area contributed by atoms with Gasteiger partial charge in [0, 0.05) is 29.5 Å². The topological polar surface area (TPSA) is 63.4 Å². The minimum Gasteiger partial charge on any atom is -0.353 e. The van der Waals surface area contributed by atoms with Crippen LogP contribution in [0.2, 0.25) is 0 Å². The number of hydrogen-bond acceptors (Lipinski definition) is 5. The van der Waals surface area contributed by atoms with Gasteiger partial charge in [0.15, 0.2) is 9.84 Å². The summed E-state index contributed by atoms with van der Waals surface area (Å²) in [5.41, 5.74) is 8.97. The number of hydrogen-bond donors (Lipinski definition) is 1. The minimum absolute atomic E-state index is 0.193. The van der Waals surface area contributed by atoms with Crippen molar-refractivity contribution in [1.29, 1.82) is 0 Å². The monoisotopic (exact) mass is 328 g/mol. The average Bonchev–Trinajstić information content (AvgIpc) is 2.48. The number of sulfone groups is 1. The molecule has 0 amide bonds. The Bertz CT molecular complexity index is 587. The van der Waals surface area contributed by atoms with Crippen LogP contribution in [0.5, 0.6) is 0 Å². The van der Waals surface area contributed by atoms with E-state index in [2.05, 4.69) is 23.1 Å². The summed E-state index contributed by atoms with van der Waals surface area (Å²) in [6.45, 7) is 5.19. The normalized spacial score (nSPS) is 19.8. The second-order valence-electron chi connectivity index (χ2n) is 5.33. The predicted octanol–water partition coefficient (Wildman–Crippen LogP) is 1.81. The molecule has 4 nitrogen and oxygen atoms in total. The van der Waals surface area contributed by atoms with E-state index in [1.807, 2.05) is 6.92 Å². The summed E-state index contributed by atoms with van der Waals surface area (Å²) in [5, 5.41) is -0.402. The maximum Gasteiger partial charge on any atom is 0.171 e. The van der Waals surface area contributed by atoms with Crippen molar-refractivity contribution in [3.05, 3.63) is 29.3 Å². The molecule has 0 spiro atoms. The third kappa shape index (κ3) is 3.73. The summed E-state index contributed by atoms with van der Waals surface area (Å²) in [6, 6.07) is 6.24. The zero-order chi connectivity index (χ0) is 15.5. The Morgan fingerprint density at radius 2 is 2.19 bits per heavy atom. The molecule has 1 atom stereocenters. The molecule has 1 aliphatic heterocycles. The molecule has 0 aliphatic carbocycles. The van der Waals surface area contributed by atoms with Crippen molar-refractivity contribution in [2.75, 3.05) is 35.2 Å². The van der Waals surface area contributed by atoms with Crippen LogP contribution in [0.25, 0.3) is 0 Å². The second kappa shape index (κ2) is 7.03. The second-order valence-corrected chi connectivity index (χ2v) is 8.93. The molecule has 1 aromatic rings. The molecule has 0 saturated carbocycles. The summed E-state index contributed by atoms with van der Waals surface area (Å²) < 4.78 is 24.7. The summed E-state index contributed by atoms with van der Waals surface area (Å²) in [4.78, 5) is 2.07. The van der Waals surface area contributed by atoms with Crippen LogP contribution in [0, 0.1) is 6.92 Å². The highest BCUT2D eigenvalue weighted by molar-refractivity contribution is 8.01. The molecule has 1 saturated heterocycles. The summed E-state index contributed by atoms with van der Waals surface area (Å²) in [5.74, 6) is 1.82. The van der Waals surface area contributed by atoms with E-state index in [0.29, 0.717) is 12.3 Å². The summed E-state index contributed by atoms with van der Waals surface area (Å²) in [6.07, 6.45) is 0.855. The summed E-state index contributed by atoms with van der Waals surface area (Å²) in [7, 11) is -3.07. The Balaban J connectivity index is 2.34. The maximum atomic E-state index is 12.3. The van der Waals surface area contributed by atoms with Crippen molar-refractivity contribution in [3.63, 3.8) is 0 Å². The first-order valence-corrected chi connectivity index (χ1v) is 10.2. The van der Waals surface area contributed by atoms with E-state index < -0.39 is 15.2 Å². The lowest BCUT2D eigenvalue weighted by Gasteiger charge is -2.37. The third-order valence-corrected chi connectivity index (χ3v) is 7.19. The highest BCUT2D eigenvalue weighted by Gasteiger charge is 2.33. The van der Waals surface area contributed by atoms with Crippen molar-refractivity contribution < 1.29 is 8.42 Å². The summed E-state index contributed by atoms with van der Waals surface area (Å²) >= 11 is 1.72. The maximum absolute atomic E-state index is 12.3. The molecular weight excluding hydrogens is 304 g/mol. The molecule has 118 valence electrons. The van der Waals surface area contributed by atoms with Gasteiger partial charge in [-0.15, -0.1) is 0 Å². The van der Waals surface area contributed by atoms with E-state index in [1.54, 1.807) is 18.7 Å². The fraction of sp³-hybridized carbons (Fsp3) is 0.600. The van der Waals surface area contributed by atoms with Crippen molar-refractivity contribution in [2.24, 2.45) is 5.73 Å².